The molecule has 1 aliphatic carbocycles. The first kappa shape index (κ1) is 10.3. The van der Waals surface area contributed by atoms with Crippen LogP contribution in [0.15, 0.2) is 12.2 Å². The Kier molecular flexibility index (Phi) is 3.12. The molecule has 0 bridgehead atoms. The van der Waals surface area contributed by atoms with E-state index in [4.69, 9.17) is 4.74 Å². The average molecular weight is 182 g/mol. The molecule has 0 radical (unpaired) electrons. The van der Waals surface area contributed by atoms with Gasteiger partial charge in [-0.2, -0.15) is 0 Å². The second-order valence-electron chi connectivity index (χ2n) is 4.06. The van der Waals surface area contributed by atoms with Gasteiger partial charge in [0.2, 0.25) is 0 Å². The van der Waals surface area contributed by atoms with Crippen LogP contribution in [-0.4, -0.2) is 11.6 Å². The van der Waals surface area contributed by atoms with E-state index in [0.717, 1.165) is 25.7 Å². The molecule has 1 atom stereocenters. The molecule has 0 aromatic rings. The Labute approximate surface area is 80.0 Å². The van der Waals surface area contributed by atoms with Gasteiger partial charge in [0, 0.05) is 12.8 Å². The van der Waals surface area contributed by atoms with Gasteiger partial charge in [-0.25, -0.2) is 0 Å². The summed E-state index contributed by atoms with van der Waals surface area (Å²) in [6.45, 7) is 7.78. The van der Waals surface area contributed by atoms with E-state index in [1.165, 1.54) is 5.57 Å². The van der Waals surface area contributed by atoms with Crippen molar-refractivity contribution in [2.75, 3.05) is 0 Å². The molecule has 0 spiro atoms. The summed E-state index contributed by atoms with van der Waals surface area (Å²) >= 11 is 0. The highest BCUT2D eigenvalue weighted by molar-refractivity contribution is 5.69. The lowest BCUT2D eigenvalue weighted by molar-refractivity contribution is -0.159. The zero-order valence-corrected chi connectivity index (χ0v) is 8.56. The number of esters is 1. The number of carbonyl (C=O) groups is 1. The molecule has 13 heavy (non-hydrogen) atoms. The molecule has 0 heterocycles. The van der Waals surface area contributed by atoms with Crippen molar-refractivity contribution in [1.29, 1.82) is 0 Å². The topological polar surface area (TPSA) is 26.3 Å². The standard InChI is InChI=1S/C11H18O2/c1-4-10(12)13-11(3)7-5-6-9(2)8-11/h2,4-8H2,1,3H3. The number of ether oxygens (including phenoxy) is 1. The van der Waals surface area contributed by atoms with E-state index in [-0.39, 0.29) is 11.6 Å². The number of carbonyl (C=O) groups excluding carboxylic acids is 1. The molecule has 0 aliphatic heterocycles. The fraction of sp³-hybridized carbons (Fsp3) is 0.727. The van der Waals surface area contributed by atoms with Crippen molar-refractivity contribution < 1.29 is 9.53 Å². The zero-order chi connectivity index (χ0) is 9.90. The van der Waals surface area contributed by atoms with Gasteiger partial charge >= 0.3 is 5.97 Å². The molecule has 0 amide bonds. The van der Waals surface area contributed by atoms with Crippen LogP contribution < -0.4 is 0 Å². The van der Waals surface area contributed by atoms with Crippen LogP contribution in [0.4, 0.5) is 0 Å². The summed E-state index contributed by atoms with van der Waals surface area (Å²) in [5.74, 6) is -0.0998. The molecule has 2 heteroatoms. The van der Waals surface area contributed by atoms with Gasteiger partial charge in [-0.1, -0.05) is 19.1 Å². The van der Waals surface area contributed by atoms with Crippen molar-refractivity contribution in [2.24, 2.45) is 0 Å². The third-order valence-electron chi connectivity index (χ3n) is 2.51. The second kappa shape index (κ2) is 3.95. The fourth-order valence-electron chi connectivity index (χ4n) is 1.85. The highest BCUT2D eigenvalue weighted by Gasteiger charge is 2.31. The summed E-state index contributed by atoms with van der Waals surface area (Å²) in [5, 5.41) is 0. The molecule has 1 unspecified atom stereocenters. The van der Waals surface area contributed by atoms with E-state index in [1.54, 1.807) is 0 Å². The van der Waals surface area contributed by atoms with E-state index < -0.39 is 0 Å². The van der Waals surface area contributed by atoms with Gasteiger partial charge in [0.05, 0.1) is 0 Å². The molecule has 0 saturated heterocycles. The first-order valence-electron chi connectivity index (χ1n) is 4.94. The average Bonchev–Trinajstić information content (AvgIpc) is 2.02. The van der Waals surface area contributed by atoms with Crippen molar-refractivity contribution in [3.8, 4) is 0 Å². The minimum atomic E-state index is -0.275. The molecule has 1 rings (SSSR count). The lowest BCUT2D eigenvalue weighted by atomic mass is 9.83. The minimum Gasteiger partial charge on any atom is -0.459 e. The van der Waals surface area contributed by atoms with Crippen molar-refractivity contribution in [3.05, 3.63) is 12.2 Å². The van der Waals surface area contributed by atoms with Gasteiger partial charge in [-0.05, 0) is 26.2 Å². The van der Waals surface area contributed by atoms with Gasteiger partial charge in [0.15, 0.2) is 0 Å². The molecule has 1 saturated carbocycles. The quantitative estimate of drug-likeness (QED) is 0.485. The Balaban J connectivity index is 2.53. The zero-order valence-electron chi connectivity index (χ0n) is 8.56. The third-order valence-corrected chi connectivity index (χ3v) is 2.51. The van der Waals surface area contributed by atoms with Crippen LogP contribution in [0.3, 0.4) is 0 Å². The van der Waals surface area contributed by atoms with Gasteiger partial charge in [0.25, 0.3) is 0 Å². The predicted octanol–water partition coefficient (Wildman–Crippen LogP) is 2.83. The van der Waals surface area contributed by atoms with Gasteiger partial charge < -0.3 is 4.74 Å². The first-order chi connectivity index (χ1) is 6.06. The summed E-state index contributed by atoms with van der Waals surface area (Å²) < 4.78 is 5.40. The highest BCUT2D eigenvalue weighted by atomic mass is 16.6. The molecule has 2 nitrogen and oxygen atoms in total. The lowest BCUT2D eigenvalue weighted by Gasteiger charge is -2.34. The maximum atomic E-state index is 11.1. The Morgan fingerprint density at radius 2 is 2.38 bits per heavy atom. The van der Waals surface area contributed by atoms with Crippen LogP contribution in [0.25, 0.3) is 0 Å². The van der Waals surface area contributed by atoms with Crippen LogP contribution in [-0.2, 0) is 9.53 Å². The second-order valence-corrected chi connectivity index (χ2v) is 4.06. The predicted molar refractivity (Wildman–Crippen MR) is 52.4 cm³/mol. The largest absolute Gasteiger partial charge is 0.459 e. The molecular formula is C11H18O2. The van der Waals surface area contributed by atoms with Crippen LogP contribution in [0.5, 0.6) is 0 Å². The van der Waals surface area contributed by atoms with E-state index in [2.05, 4.69) is 6.58 Å². The molecular weight excluding hydrogens is 164 g/mol. The number of hydrogen-bond donors (Lipinski definition) is 0. The van der Waals surface area contributed by atoms with Crippen molar-refractivity contribution >= 4 is 5.97 Å². The number of hydrogen-bond acceptors (Lipinski definition) is 2. The van der Waals surface area contributed by atoms with Crippen molar-refractivity contribution in [3.63, 3.8) is 0 Å². The molecule has 0 aromatic heterocycles. The molecule has 74 valence electrons. The lowest BCUT2D eigenvalue weighted by Crippen LogP contribution is -2.34. The molecule has 0 aromatic carbocycles. The van der Waals surface area contributed by atoms with Crippen LogP contribution in [0.1, 0.15) is 46.0 Å². The molecule has 1 fully saturated rings. The summed E-state index contributed by atoms with van der Waals surface area (Å²) in [7, 11) is 0. The smallest absolute Gasteiger partial charge is 0.306 e. The summed E-state index contributed by atoms with van der Waals surface area (Å²) in [4.78, 5) is 11.1. The highest BCUT2D eigenvalue weighted by Crippen LogP contribution is 2.33. The summed E-state index contributed by atoms with van der Waals surface area (Å²) in [6.07, 6.45) is 4.43. The Morgan fingerprint density at radius 1 is 1.69 bits per heavy atom. The fourth-order valence-corrected chi connectivity index (χ4v) is 1.85. The van der Waals surface area contributed by atoms with E-state index >= 15 is 0 Å². The van der Waals surface area contributed by atoms with Crippen LogP contribution in [0, 0.1) is 0 Å². The Morgan fingerprint density at radius 3 is 2.92 bits per heavy atom. The van der Waals surface area contributed by atoms with Gasteiger partial charge in [0.1, 0.15) is 5.60 Å². The van der Waals surface area contributed by atoms with Gasteiger partial charge in [-0.3, -0.25) is 4.79 Å². The normalized spacial score (nSPS) is 28.6. The van der Waals surface area contributed by atoms with Gasteiger partial charge in [-0.15, -0.1) is 0 Å². The SMILES string of the molecule is C=C1CCCC(C)(OC(=O)CC)C1. The monoisotopic (exact) mass is 182 g/mol. The third kappa shape index (κ3) is 2.87. The Hall–Kier alpha value is -0.790. The van der Waals surface area contributed by atoms with Crippen molar-refractivity contribution in [1.82, 2.24) is 0 Å². The van der Waals surface area contributed by atoms with Crippen LogP contribution >= 0.6 is 0 Å². The molecule has 1 aliphatic rings. The minimum absolute atomic E-state index is 0.0998. The van der Waals surface area contributed by atoms with Crippen molar-refractivity contribution in [2.45, 2.75) is 51.6 Å². The van der Waals surface area contributed by atoms with E-state index in [9.17, 15) is 4.79 Å². The van der Waals surface area contributed by atoms with E-state index in [1.807, 2.05) is 13.8 Å². The maximum absolute atomic E-state index is 11.1. The Bertz CT molecular complexity index is 220. The van der Waals surface area contributed by atoms with E-state index in [0.29, 0.717) is 6.42 Å². The maximum Gasteiger partial charge on any atom is 0.306 e. The molecule has 0 N–H and O–H groups in total. The number of rotatable bonds is 2. The van der Waals surface area contributed by atoms with Crippen LogP contribution in [0.2, 0.25) is 0 Å². The first-order valence-corrected chi connectivity index (χ1v) is 4.94. The summed E-state index contributed by atoms with van der Waals surface area (Å²) in [5.41, 5.74) is 0.931. The summed E-state index contributed by atoms with van der Waals surface area (Å²) in [6, 6.07) is 0.